The van der Waals surface area contributed by atoms with Crippen LogP contribution < -0.4 is 0 Å². The summed E-state index contributed by atoms with van der Waals surface area (Å²) in [6.45, 7) is 4.49. The van der Waals surface area contributed by atoms with Crippen molar-refractivity contribution < 1.29 is 0 Å². The molecule has 1 nitrogen and oxygen atoms in total. The third kappa shape index (κ3) is 7.24. The fourth-order valence-electron chi connectivity index (χ4n) is 1.48. The van der Waals surface area contributed by atoms with Crippen molar-refractivity contribution in [1.82, 2.24) is 0 Å². The van der Waals surface area contributed by atoms with E-state index in [1.165, 1.54) is 19.3 Å². The molecule has 0 aromatic heterocycles. The highest BCUT2D eigenvalue weighted by molar-refractivity contribution is 9.09. The maximum atomic E-state index is 7.71. The predicted octanol–water partition coefficient (Wildman–Crippen LogP) is 4.40. The van der Waals surface area contributed by atoms with Gasteiger partial charge in [0.1, 0.15) is 0 Å². The third-order valence-electron chi connectivity index (χ3n) is 2.62. The minimum atomic E-state index is 0.837. The van der Waals surface area contributed by atoms with Crippen LogP contribution in [0.5, 0.6) is 0 Å². The van der Waals surface area contributed by atoms with Gasteiger partial charge in [0.25, 0.3) is 0 Å². The van der Waals surface area contributed by atoms with E-state index in [2.05, 4.69) is 29.8 Å². The van der Waals surface area contributed by atoms with Gasteiger partial charge in [-0.1, -0.05) is 42.6 Å². The van der Waals surface area contributed by atoms with Gasteiger partial charge >= 0.3 is 0 Å². The number of hydrogen-bond donors (Lipinski definition) is 1. The SMILES string of the molecule is CCC(CC)CCC(=N)CCCBr. The molecule has 0 spiro atoms. The van der Waals surface area contributed by atoms with Gasteiger partial charge in [0.15, 0.2) is 0 Å². The number of alkyl halides is 1. The van der Waals surface area contributed by atoms with Crippen molar-refractivity contribution in [2.75, 3.05) is 5.33 Å². The molecule has 0 unspecified atom stereocenters. The molecule has 13 heavy (non-hydrogen) atoms. The smallest absolute Gasteiger partial charge is 0.00895 e. The van der Waals surface area contributed by atoms with Crippen molar-refractivity contribution in [2.24, 2.45) is 5.92 Å². The fourth-order valence-corrected chi connectivity index (χ4v) is 1.76. The summed E-state index contributed by atoms with van der Waals surface area (Å²) in [6, 6.07) is 0. The molecule has 0 saturated heterocycles. The van der Waals surface area contributed by atoms with E-state index in [-0.39, 0.29) is 0 Å². The van der Waals surface area contributed by atoms with E-state index in [0.29, 0.717) is 0 Å². The van der Waals surface area contributed by atoms with Crippen LogP contribution in [0.3, 0.4) is 0 Å². The Hall–Kier alpha value is 0.150. The Kier molecular flexibility index (Phi) is 8.84. The summed E-state index contributed by atoms with van der Waals surface area (Å²) in [5.74, 6) is 0.837. The Balaban J connectivity index is 3.44. The van der Waals surface area contributed by atoms with Gasteiger partial charge in [-0.25, -0.2) is 0 Å². The lowest BCUT2D eigenvalue weighted by Crippen LogP contribution is -2.03. The molecule has 2 heteroatoms. The molecule has 0 aromatic rings. The van der Waals surface area contributed by atoms with Crippen molar-refractivity contribution in [3.8, 4) is 0 Å². The first kappa shape index (κ1) is 13.2. The second kappa shape index (κ2) is 8.74. The Bertz CT molecular complexity index is 130. The van der Waals surface area contributed by atoms with E-state index in [1.807, 2.05) is 0 Å². The minimum absolute atomic E-state index is 0.837. The summed E-state index contributed by atoms with van der Waals surface area (Å²) >= 11 is 3.39. The summed E-state index contributed by atoms with van der Waals surface area (Å²) in [6.07, 6.45) is 6.85. The number of hydrogen-bond acceptors (Lipinski definition) is 1. The largest absolute Gasteiger partial charge is 0.310 e. The molecule has 0 rings (SSSR count). The van der Waals surface area contributed by atoms with Gasteiger partial charge in [0, 0.05) is 11.0 Å². The summed E-state index contributed by atoms with van der Waals surface area (Å²) < 4.78 is 0. The number of halogens is 1. The van der Waals surface area contributed by atoms with Gasteiger partial charge in [-0.15, -0.1) is 0 Å². The summed E-state index contributed by atoms with van der Waals surface area (Å²) in [4.78, 5) is 0. The van der Waals surface area contributed by atoms with E-state index in [1.54, 1.807) is 0 Å². The Labute approximate surface area is 90.9 Å². The van der Waals surface area contributed by atoms with E-state index in [9.17, 15) is 0 Å². The lowest BCUT2D eigenvalue weighted by atomic mass is 9.95. The second-order valence-corrected chi connectivity index (χ2v) is 4.41. The molecule has 1 N–H and O–H groups in total. The van der Waals surface area contributed by atoms with Crippen LogP contribution in [-0.4, -0.2) is 11.0 Å². The second-order valence-electron chi connectivity index (χ2n) is 3.62. The zero-order chi connectivity index (χ0) is 10.1. The minimum Gasteiger partial charge on any atom is -0.310 e. The lowest BCUT2D eigenvalue weighted by Gasteiger charge is -2.11. The molecule has 0 fully saturated rings. The van der Waals surface area contributed by atoms with Gasteiger partial charge in [-0.05, 0) is 31.6 Å². The fraction of sp³-hybridized carbons (Fsp3) is 0.909. The summed E-state index contributed by atoms with van der Waals surface area (Å²) in [5, 5.41) is 8.74. The zero-order valence-electron chi connectivity index (χ0n) is 8.91. The average Bonchev–Trinajstić information content (AvgIpc) is 2.16. The van der Waals surface area contributed by atoms with Crippen molar-refractivity contribution >= 4 is 21.6 Å². The van der Waals surface area contributed by atoms with Crippen LogP contribution in [0.1, 0.15) is 52.4 Å². The molecule has 0 radical (unpaired) electrons. The third-order valence-corrected chi connectivity index (χ3v) is 3.18. The van der Waals surface area contributed by atoms with E-state index in [4.69, 9.17) is 5.41 Å². The van der Waals surface area contributed by atoms with Gasteiger partial charge in [-0.2, -0.15) is 0 Å². The number of rotatable bonds is 8. The highest BCUT2D eigenvalue weighted by atomic mass is 79.9. The van der Waals surface area contributed by atoms with Crippen LogP contribution in [0.15, 0.2) is 0 Å². The maximum Gasteiger partial charge on any atom is 0.00895 e. The Morgan fingerprint density at radius 1 is 1.23 bits per heavy atom. The van der Waals surface area contributed by atoms with E-state index >= 15 is 0 Å². The van der Waals surface area contributed by atoms with E-state index in [0.717, 1.165) is 36.2 Å². The topological polar surface area (TPSA) is 23.9 Å². The predicted molar refractivity (Wildman–Crippen MR) is 64.1 cm³/mol. The Morgan fingerprint density at radius 3 is 2.31 bits per heavy atom. The molecular formula is C11H22BrN. The van der Waals surface area contributed by atoms with Gasteiger partial charge < -0.3 is 5.41 Å². The molecular weight excluding hydrogens is 226 g/mol. The molecule has 0 aliphatic heterocycles. The number of nitrogens with one attached hydrogen (secondary N) is 1. The van der Waals surface area contributed by atoms with Gasteiger partial charge in [0.05, 0.1) is 0 Å². The highest BCUT2D eigenvalue weighted by Gasteiger charge is 2.04. The Morgan fingerprint density at radius 2 is 1.85 bits per heavy atom. The summed E-state index contributed by atoms with van der Waals surface area (Å²) in [7, 11) is 0. The molecule has 0 atom stereocenters. The van der Waals surface area contributed by atoms with Crippen molar-refractivity contribution in [3.05, 3.63) is 0 Å². The van der Waals surface area contributed by atoms with Crippen LogP contribution in [0.4, 0.5) is 0 Å². The van der Waals surface area contributed by atoms with Crippen LogP contribution in [-0.2, 0) is 0 Å². The quantitative estimate of drug-likeness (QED) is 0.486. The molecule has 78 valence electrons. The first-order valence-electron chi connectivity index (χ1n) is 5.36. The van der Waals surface area contributed by atoms with Gasteiger partial charge in [-0.3, -0.25) is 0 Å². The molecule has 0 bridgehead atoms. The molecule has 0 aliphatic carbocycles. The van der Waals surface area contributed by atoms with Crippen molar-refractivity contribution in [3.63, 3.8) is 0 Å². The van der Waals surface area contributed by atoms with Crippen LogP contribution in [0.2, 0.25) is 0 Å². The normalized spacial score (nSPS) is 10.8. The zero-order valence-corrected chi connectivity index (χ0v) is 10.5. The van der Waals surface area contributed by atoms with Crippen molar-refractivity contribution in [1.29, 1.82) is 5.41 Å². The maximum absolute atomic E-state index is 7.71. The van der Waals surface area contributed by atoms with Gasteiger partial charge in [0.2, 0.25) is 0 Å². The molecule has 0 heterocycles. The summed E-state index contributed by atoms with van der Waals surface area (Å²) in [5.41, 5.74) is 0.936. The molecule has 0 aromatic carbocycles. The standard InChI is InChI=1S/C11H22BrN/c1-3-10(4-2)7-8-11(13)6-5-9-12/h10,13H,3-9H2,1-2H3. The van der Waals surface area contributed by atoms with Crippen molar-refractivity contribution in [2.45, 2.75) is 52.4 Å². The average molecular weight is 248 g/mol. The van der Waals surface area contributed by atoms with E-state index < -0.39 is 0 Å². The highest BCUT2D eigenvalue weighted by Crippen LogP contribution is 2.15. The molecule has 0 amide bonds. The first-order chi connectivity index (χ1) is 6.24. The first-order valence-corrected chi connectivity index (χ1v) is 6.48. The molecule has 0 saturated carbocycles. The molecule has 0 aliphatic rings. The van der Waals surface area contributed by atoms with Crippen LogP contribution >= 0.6 is 15.9 Å². The monoisotopic (exact) mass is 247 g/mol. The van der Waals surface area contributed by atoms with Crippen LogP contribution in [0, 0.1) is 11.3 Å². The van der Waals surface area contributed by atoms with Crippen LogP contribution in [0.25, 0.3) is 0 Å². The lowest BCUT2D eigenvalue weighted by molar-refractivity contribution is 0.463.